The number of fused-ring (bicyclic) bond motifs is 6. The van der Waals surface area contributed by atoms with E-state index in [1.54, 1.807) is 0 Å². The van der Waals surface area contributed by atoms with Crippen molar-refractivity contribution in [1.82, 2.24) is 15.0 Å². The molecule has 0 bridgehead atoms. The van der Waals surface area contributed by atoms with Gasteiger partial charge in [-0.15, -0.1) is 0 Å². The zero-order valence-electron chi connectivity index (χ0n) is 30.2. The van der Waals surface area contributed by atoms with Crippen LogP contribution in [-0.2, 0) is 5.41 Å². The molecule has 0 aliphatic heterocycles. The van der Waals surface area contributed by atoms with E-state index in [1.807, 2.05) is 36.4 Å². The molecule has 0 spiro atoms. The van der Waals surface area contributed by atoms with Crippen molar-refractivity contribution in [2.45, 2.75) is 25.2 Å². The Bertz CT molecular complexity index is 2790. The summed E-state index contributed by atoms with van der Waals surface area (Å²) < 4.78 is 0. The van der Waals surface area contributed by atoms with Gasteiger partial charge in [-0.1, -0.05) is 196 Å². The first-order valence-corrected chi connectivity index (χ1v) is 18.7. The summed E-state index contributed by atoms with van der Waals surface area (Å²) >= 11 is 0. The third-order valence-electron chi connectivity index (χ3n) is 11.2. The monoisotopic (exact) mass is 691 g/mol. The van der Waals surface area contributed by atoms with E-state index in [0.29, 0.717) is 17.5 Å². The molecule has 0 fully saturated rings. The molecule has 7 aromatic carbocycles. The van der Waals surface area contributed by atoms with E-state index in [9.17, 15) is 0 Å². The maximum Gasteiger partial charge on any atom is 0.165 e. The third kappa shape index (κ3) is 5.23. The number of nitrogens with zero attached hydrogens (tertiary/aromatic N) is 3. The van der Waals surface area contributed by atoms with Gasteiger partial charge >= 0.3 is 0 Å². The summed E-state index contributed by atoms with van der Waals surface area (Å²) in [5.74, 6) is 2.06. The molecule has 1 unspecified atom stereocenters. The largest absolute Gasteiger partial charge is 0.208 e. The summed E-state index contributed by atoms with van der Waals surface area (Å²) in [5.41, 5.74) is 11.8. The molecule has 0 amide bonds. The highest BCUT2D eigenvalue weighted by Crippen LogP contribution is 2.49. The van der Waals surface area contributed by atoms with Crippen LogP contribution in [0.4, 0.5) is 0 Å². The highest BCUT2D eigenvalue weighted by Gasteiger charge is 2.35. The fraction of sp³-hybridized carbons (Fsp3) is 0.0784. The van der Waals surface area contributed by atoms with Gasteiger partial charge in [0.05, 0.1) is 0 Å². The molecule has 0 saturated heterocycles. The van der Waals surface area contributed by atoms with Crippen molar-refractivity contribution < 1.29 is 0 Å². The fourth-order valence-electron chi connectivity index (χ4n) is 8.52. The summed E-state index contributed by atoms with van der Waals surface area (Å²) in [4.78, 5) is 15.6. The number of hydrogen-bond donors (Lipinski definition) is 0. The van der Waals surface area contributed by atoms with Gasteiger partial charge < -0.3 is 0 Å². The predicted octanol–water partition coefficient (Wildman–Crippen LogP) is 12.8. The van der Waals surface area contributed by atoms with Gasteiger partial charge in [-0.25, -0.2) is 15.0 Å². The molecule has 0 radical (unpaired) electrons. The van der Waals surface area contributed by atoms with Crippen molar-refractivity contribution in [3.05, 3.63) is 204 Å². The minimum Gasteiger partial charge on any atom is -0.208 e. The number of aromatic nitrogens is 3. The van der Waals surface area contributed by atoms with E-state index in [0.717, 1.165) is 38.6 Å². The zero-order chi connectivity index (χ0) is 36.2. The van der Waals surface area contributed by atoms with Crippen molar-refractivity contribution in [2.24, 2.45) is 0 Å². The Kier molecular flexibility index (Phi) is 7.55. The molecule has 1 aromatic heterocycles. The highest BCUT2D eigenvalue weighted by molar-refractivity contribution is 6.19. The SMILES string of the molecule is CC1(C)c2ccccc2-c2ccc(C3C=CC=C(c4c(-c5nc(-c6ccccc6)nc(-c6ccccc6)n5)c5ccccc5c5ccccc45)C=C3)cc21. The molecular weight excluding hydrogens is 655 g/mol. The lowest BCUT2D eigenvalue weighted by Gasteiger charge is -2.22. The van der Waals surface area contributed by atoms with E-state index in [4.69, 9.17) is 15.0 Å². The van der Waals surface area contributed by atoms with Gasteiger partial charge in [0.25, 0.3) is 0 Å². The van der Waals surface area contributed by atoms with E-state index in [1.165, 1.54) is 38.6 Å². The van der Waals surface area contributed by atoms with E-state index in [-0.39, 0.29) is 11.3 Å². The van der Waals surface area contributed by atoms with E-state index >= 15 is 0 Å². The molecule has 1 heterocycles. The average Bonchev–Trinajstić information content (AvgIpc) is 3.35. The van der Waals surface area contributed by atoms with Gasteiger partial charge in [0.15, 0.2) is 17.5 Å². The number of rotatable bonds is 5. The fourth-order valence-corrected chi connectivity index (χ4v) is 8.52. The van der Waals surface area contributed by atoms with Crippen molar-refractivity contribution in [1.29, 1.82) is 0 Å². The van der Waals surface area contributed by atoms with Crippen LogP contribution in [-0.4, -0.2) is 15.0 Å². The van der Waals surface area contributed by atoms with Crippen LogP contribution < -0.4 is 0 Å². The first kappa shape index (κ1) is 32.0. The van der Waals surface area contributed by atoms with Gasteiger partial charge in [-0.3, -0.25) is 0 Å². The van der Waals surface area contributed by atoms with Crippen LogP contribution in [0.1, 0.15) is 42.0 Å². The predicted molar refractivity (Wildman–Crippen MR) is 224 cm³/mol. The van der Waals surface area contributed by atoms with Gasteiger partial charge in [0.2, 0.25) is 0 Å². The Morgan fingerprint density at radius 3 is 1.67 bits per heavy atom. The Hall–Kier alpha value is -6.71. The van der Waals surface area contributed by atoms with Crippen LogP contribution in [0.3, 0.4) is 0 Å². The first-order valence-electron chi connectivity index (χ1n) is 18.7. The maximum absolute atomic E-state index is 5.27. The van der Waals surface area contributed by atoms with Crippen LogP contribution in [0, 0.1) is 0 Å². The van der Waals surface area contributed by atoms with E-state index < -0.39 is 0 Å². The second-order valence-electron chi connectivity index (χ2n) is 14.7. The van der Waals surface area contributed by atoms with Gasteiger partial charge in [0, 0.05) is 33.6 Å². The van der Waals surface area contributed by atoms with Gasteiger partial charge in [0.1, 0.15) is 0 Å². The molecule has 2 aliphatic rings. The Balaban J connectivity index is 1.16. The molecule has 10 rings (SSSR count). The molecule has 0 N–H and O–H groups in total. The van der Waals surface area contributed by atoms with Gasteiger partial charge in [-0.2, -0.15) is 0 Å². The Labute approximate surface area is 315 Å². The Morgan fingerprint density at radius 1 is 0.463 bits per heavy atom. The summed E-state index contributed by atoms with van der Waals surface area (Å²) in [6.45, 7) is 4.69. The normalized spacial score (nSPS) is 15.5. The molecule has 3 heteroatoms. The van der Waals surface area contributed by atoms with Crippen LogP contribution in [0.2, 0.25) is 0 Å². The summed E-state index contributed by atoms with van der Waals surface area (Å²) in [5, 5.41) is 4.64. The van der Waals surface area contributed by atoms with Gasteiger partial charge in [-0.05, 0) is 54.9 Å². The molecule has 3 nitrogen and oxygen atoms in total. The lowest BCUT2D eigenvalue weighted by atomic mass is 9.81. The molecular formula is C51H37N3. The van der Waals surface area contributed by atoms with E-state index in [2.05, 4.69) is 159 Å². The third-order valence-corrected chi connectivity index (χ3v) is 11.2. The quantitative estimate of drug-likeness (QED) is 0.169. The van der Waals surface area contributed by atoms with Crippen LogP contribution in [0.5, 0.6) is 0 Å². The maximum atomic E-state index is 5.27. The molecule has 256 valence electrons. The van der Waals surface area contributed by atoms with Crippen molar-refractivity contribution in [3.8, 4) is 45.3 Å². The highest BCUT2D eigenvalue weighted by atomic mass is 15.0. The lowest BCUT2D eigenvalue weighted by Crippen LogP contribution is -2.15. The minimum absolute atomic E-state index is 0.0514. The number of allylic oxidation sites excluding steroid dienone is 6. The first-order chi connectivity index (χ1) is 26.5. The topological polar surface area (TPSA) is 38.7 Å². The van der Waals surface area contributed by atoms with Crippen molar-refractivity contribution in [3.63, 3.8) is 0 Å². The minimum atomic E-state index is -0.0514. The second kappa shape index (κ2) is 12.8. The van der Waals surface area contributed by atoms with Crippen LogP contribution in [0.15, 0.2) is 182 Å². The van der Waals surface area contributed by atoms with Crippen molar-refractivity contribution in [2.75, 3.05) is 0 Å². The summed E-state index contributed by atoms with van der Waals surface area (Å²) in [7, 11) is 0. The summed E-state index contributed by atoms with van der Waals surface area (Å²) in [6.07, 6.45) is 11.4. The second-order valence-corrected chi connectivity index (χ2v) is 14.7. The molecule has 0 saturated carbocycles. The zero-order valence-corrected chi connectivity index (χ0v) is 30.2. The number of benzene rings is 7. The smallest absolute Gasteiger partial charge is 0.165 e. The van der Waals surface area contributed by atoms with Crippen LogP contribution >= 0.6 is 0 Å². The summed E-state index contributed by atoms with van der Waals surface area (Å²) in [6, 6.07) is 53.7. The molecule has 8 aromatic rings. The standard InChI is InChI=1S/C51H37N3/c1-51(2)44-27-14-13-24-40(44)41-31-30-37(32-45(41)51)33-20-15-21-34(29-28-33)46-42-25-11-9-22-38(42)39-23-10-12-26-43(39)47(46)50-53-48(35-16-5-3-6-17-35)52-49(54-50)36-18-7-4-8-19-36/h3-33H,1-2H3. The van der Waals surface area contributed by atoms with Crippen LogP contribution in [0.25, 0.3) is 72.4 Å². The molecule has 1 atom stereocenters. The van der Waals surface area contributed by atoms with Crippen molar-refractivity contribution >= 4 is 27.1 Å². The number of hydrogen-bond acceptors (Lipinski definition) is 3. The lowest BCUT2D eigenvalue weighted by molar-refractivity contribution is 0.659. The Morgan fingerprint density at radius 2 is 1.00 bits per heavy atom. The molecule has 54 heavy (non-hydrogen) atoms. The average molecular weight is 692 g/mol. The molecule has 2 aliphatic carbocycles.